The molecule has 1 N–H and O–H groups in total. The Balaban J connectivity index is 1.73. The Morgan fingerprint density at radius 3 is 2.68 bits per heavy atom. The van der Waals surface area contributed by atoms with E-state index >= 15 is 0 Å². The second-order valence-electron chi connectivity index (χ2n) is 6.74. The maximum atomic E-state index is 12.7. The summed E-state index contributed by atoms with van der Waals surface area (Å²) < 4.78 is 6.48. The standard InChI is InChI=1S/C18H22N4O3/c1-18(2,13-7-5-4-6-8-13)16(24)20-17-19-14-10-9-12(15(23)25-3)11-22(14)21-17/h4-8,12H,9-11H2,1-3H3,(H,20,21,24). The van der Waals surface area contributed by atoms with Crippen LogP contribution in [0.3, 0.4) is 0 Å². The van der Waals surface area contributed by atoms with Crippen molar-refractivity contribution in [3.63, 3.8) is 0 Å². The highest BCUT2D eigenvalue weighted by Gasteiger charge is 2.32. The van der Waals surface area contributed by atoms with Crippen LogP contribution < -0.4 is 5.32 Å². The number of amides is 1. The predicted molar refractivity (Wildman–Crippen MR) is 91.9 cm³/mol. The molecule has 0 saturated heterocycles. The van der Waals surface area contributed by atoms with Crippen LogP contribution in [0.25, 0.3) is 0 Å². The number of carbonyl (C=O) groups excluding carboxylic acids is 2. The van der Waals surface area contributed by atoms with Gasteiger partial charge in [0.05, 0.1) is 25.0 Å². The smallest absolute Gasteiger partial charge is 0.310 e. The Morgan fingerprint density at radius 1 is 1.28 bits per heavy atom. The van der Waals surface area contributed by atoms with Crippen LogP contribution in [0, 0.1) is 5.92 Å². The molecule has 3 rings (SSSR count). The molecule has 0 radical (unpaired) electrons. The summed E-state index contributed by atoms with van der Waals surface area (Å²) in [5, 5.41) is 7.13. The van der Waals surface area contributed by atoms with Gasteiger partial charge in [0.15, 0.2) is 0 Å². The number of hydrogen-bond donors (Lipinski definition) is 1. The van der Waals surface area contributed by atoms with Crippen LogP contribution in [0.15, 0.2) is 30.3 Å². The van der Waals surface area contributed by atoms with Gasteiger partial charge in [0, 0.05) is 6.42 Å². The molecule has 1 aromatic carbocycles. The Bertz CT molecular complexity index is 783. The Labute approximate surface area is 146 Å². The summed E-state index contributed by atoms with van der Waals surface area (Å²) in [7, 11) is 1.39. The highest BCUT2D eigenvalue weighted by Crippen LogP contribution is 2.25. The van der Waals surface area contributed by atoms with Crippen molar-refractivity contribution in [1.82, 2.24) is 14.8 Å². The lowest BCUT2D eigenvalue weighted by atomic mass is 9.84. The first kappa shape index (κ1) is 17.1. The number of methoxy groups -OCH3 is 1. The molecule has 1 aliphatic heterocycles. The van der Waals surface area contributed by atoms with Crippen LogP contribution in [0.5, 0.6) is 0 Å². The van der Waals surface area contributed by atoms with Crippen LogP contribution in [0.4, 0.5) is 5.95 Å². The fourth-order valence-electron chi connectivity index (χ4n) is 2.96. The van der Waals surface area contributed by atoms with E-state index in [0.29, 0.717) is 19.4 Å². The number of fused-ring (bicyclic) bond motifs is 1. The fourth-order valence-corrected chi connectivity index (χ4v) is 2.96. The van der Waals surface area contributed by atoms with Crippen molar-refractivity contribution in [1.29, 1.82) is 0 Å². The van der Waals surface area contributed by atoms with Crippen molar-refractivity contribution in [3.8, 4) is 0 Å². The monoisotopic (exact) mass is 342 g/mol. The van der Waals surface area contributed by atoms with E-state index in [1.807, 2.05) is 44.2 Å². The van der Waals surface area contributed by atoms with E-state index in [4.69, 9.17) is 4.74 Å². The lowest BCUT2D eigenvalue weighted by molar-refractivity contribution is -0.146. The molecule has 1 amide bonds. The molecule has 1 aliphatic rings. The molecule has 0 bridgehead atoms. The molecule has 1 aromatic heterocycles. The Hall–Kier alpha value is -2.70. The van der Waals surface area contributed by atoms with Crippen molar-refractivity contribution in [2.45, 2.75) is 38.6 Å². The summed E-state index contributed by atoms with van der Waals surface area (Å²) in [4.78, 5) is 28.8. The van der Waals surface area contributed by atoms with Crippen LogP contribution in [0.2, 0.25) is 0 Å². The third kappa shape index (κ3) is 3.40. The van der Waals surface area contributed by atoms with E-state index in [-0.39, 0.29) is 23.7 Å². The second kappa shape index (κ2) is 6.66. The molecule has 0 aliphatic carbocycles. The maximum Gasteiger partial charge on any atom is 0.310 e. The molecule has 0 fully saturated rings. The molecule has 1 atom stereocenters. The summed E-state index contributed by atoms with van der Waals surface area (Å²) in [5.74, 6) is 0.411. The van der Waals surface area contributed by atoms with Crippen LogP contribution in [-0.2, 0) is 32.7 Å². The van der Waals surface area contributed by atoms with E-state index in [0.717, 1.165) is 11.4 Å². The summed E-state index contributed by atoms with van der Waals surface area (Å²) in [6.07, 6.45) is 1.30. The van der Waals surface area contributed by atoms with Gasteiger partial charge in [-0.25, -0.2) is 4.68 Å². The van der Waals surface area contributed by atoms with Crippen molar-refractivity contribution in [3.05, 3.63) is 41.7 Å². The Morgan fingerprint density at radius 2 is 2.00 bits per heavy atom. The van der Waals surface area contributed by atoms with E-state index in [1.165, 1.54) is 7.11 Å². The van der Waals surface area contributed by atoms with Crippen LogP contribution >= 0.6 is 0 Å². The SMILES string of the molecule is COC(=O)C1CCc2nc(NC(=O)C(C)(C)c3ccccc3)nn2C1. The highest BCUT2D eigenvalue weighted by atomic mass is 16.5. The number of ether oxygens (including phenoxy) is 1. The largest absolute Gasteiger partial charge is 0.469 e. The van der Waals surface area contributed by atoms with Crippen molar-refractivity contribution in [2.75, 3.05) is 12.4 Å². The molecule has 132 valence electrons. The molecule has 2 heterocycles. The van der Waals surface area contributed by atoms with Gasteiger partial charge in [0.1, 0.15) is 5.82 Å². The van der Waals surface area contributed by atoms with Gasteiger partial charge in [-0.2, -0.15) is 4.98 Å². The molecular formula is C18H22N4O3. The first-order chi connectivity index (χ1) is 11.9. The Kier molecular flexibility index (Phi) is 4.57. The predicted octanol–water partition coefficient (Wildman–Crippen LogP) is 1.93. The van der Waals surface area contributed by atoms with Gasteiger partial charge >= 0.3 is 5.97 Å². The lowest BCUT2D eigenvalue weighted by Gasteiger charge is -2.23. The van der Waals surface area contributed by atoms with Crippen molar-refractivity contribution >= 4 is 17.8 Å². The number of nitrogens with zero attached hydrogens (tertiary/aromatic N) is 3. The minimum Gasteiger partial charge on any atom is -0.469 e. The maximum absolute atomic E-state index is 12.7. The zero-order valence-corrected chi connectivity index (χ0v) is 14.7. The number of esters is 1. The zero-order valence-electron chi connectivity index (χ0n) is 14.7. The van der Waals surface area contributed by atoms with E-state index in [9.17, 15) is 9.59 Å². The molecule has 7 nitrogen and oxygen atoms in total. The van der Waals surface area contributed by atoms with Gasteiger partial charge < -0.3 is 4.74 Å². The molecule has 25 heavy (non-hydrogen) atoms. The van der Waals surface area contributed by atoms with Gasteiger partial charge in [-0.05, 0) is 25.8 Å². The number of aryl methyl sites for hydroxylation is 1. The third-order valence-corrected chi connectivity index (χ3v) is 4.68. The number of carbonyl (C=O) groups is 2. The quantitative estimate of drug-likeness (QED) is 0.858. The third-order valence-electron chi connectivity index (χ3n) is 4.68. The average molecular weight is 342 g/mol. The van der Waals surface area contributed by atoms with Gasteiger partial charge in [0.2, 0.25) is 11.9 Å². The van der Waals surface area contributed by atoms with Crippen molar-refractivity contribution in [2.24, 2.45) is 5.92 Å². The second-order valence-corrected chi connectivity index (χ2v) is 6.74. The van der Waals surface area contributed by atoms with E-state index < -0.39 is 5.41 Å². The topological polar surface area (TPSA) is 86.1 Å². The number of benzene rings is 1. The molecule has 1 unspecified atom stereocenters. The van der Waals surface area contributed by atoms with Gasteiger partial charge in [-0.1, -0.05) is 30.3 Å². The summed E-state index contributed by atoms with van der Waals surface area (Å²) in [5.41, 5.74) is 0.212. The zero-order chi connectivity index (χ0) is 18.0. The lowest BCUT2D eigenvalue weighted by Crippen LogP contribution is -2.35. The number of nitrogens with one attached hydrogen (secondary N) is 1. The van der Waals surface area contributed by atoms with Gasteiger partial charge in [-0.15, -0.1) is 5.10 Å². The van der Waals surface area contributed by atoms with Gasteiger partial charge in [-0.3, -0.25) is 14.9 Å². The normalized spacial score (nSPS) is 16.8. The van der Waals surface area contributed by atoms with E-state index in [1.54, 1.807) is 4.68 Å². The molecule has 0 saturated carbocycles. The first-order valence-electron chi connectivity index (χ1n) is 8.30. The molecule has 7 heteroatoms. The van der Waals surface area contributed by atoms with E-state index in [2.05, 4.69) is 15.4 Å². The van der Waals surface area contributed by atoms with Crippen LogP contribution in [0.1, 0.15) is 31.7 Å². The number of rotatable bonds is 4. The average Bonchev–Trinajstić information content (AvgIpc) is 3.03. The summed E-state index contributed by atoms with van der Waals surface area (Å²) >= 11 is 0. The molecule has 2 aromatic rings. The number of hydrogen-bond acceptors (Lipinski definition) is 5. The molecule has 0 spiro atoms. The van der Waals surface area contributed by atoms with Crippen molar-refractivity contribution < 1.29 is 14.3 Å². The summed E-state index contributed by atoms with van der Waals surface area (Å²) in [6.45, 7) is 4.15. The summed E-state index contributed by atoms with van der Waals surface area (Å²) in [6, 6.07) is 9.58. The molecular weight excluding hydrogens is 320 g/mol. The van der Waals surface area contributed by atoms with Crippen LogP contribution in [-0.4, -0.2) is 33.8 Å². The number of aromatic nitrogens is 3. The van der Waals surface area contributed by atoms with Gasteiger partial charge in [0.25, 0.3) is 0 Å². The highest BCUT2D eigenvalue weighted by molar-refractivity contribution is 5.97. The minimum absolute atomic E-state index is 0.175. The first-order valence-corrected chi connectivity index (χ1v) is 8.30. The fraction of sp³-hybridized carbons (Fsp3) is 0.444. The minimum atomic E-state index is -0.707. The number of anilines is 1.